The topological polar surface area (TPSA) is 93.6 Å². The zero-order chi connectivity index (χ0) is 24.3. The first kappa shape index (κ1) is 23.3. The fourth-order valence-electron chi connectivity index (χ4n) is 3.87. The second-order valence-electron chi connectivity index (χ2n) is 7.99. The maximum atomic E-state index is 14.0. The number of nitrogens with one attached hydrogen (secondary N) is 1. The predicted molar refractivity (Wildman–Crippen MR) is 123 cm³/mol. The van der Waals surface area contributed by atoms with Gasteiger partial charge in [0.2, 0.25) is 5.92 Å². The molecule has 1 N–H and O–H groups in total. The van der Waals surface area contributed by atoms with Crippen LogP contribution < -0.4 is 15.0 Å². The van der Waals surface area contributed by atoms with Crippen LogP contribution in [0.25, 0.3) is 10.9 Å². The Morgan fingerprint density at radius 1 is 1.09 bits per heavy atom. The van der Waals surface area contributed by atoms with E-state index in [-0.39, 0.29) is 37.1 Å². The van der Waals surface area contributed by atoms with Crippen LogP contribution >= 0.6 is 0 Å². The third kappa shape index (κ3) is 5.05. The molecule has 1 aromatic carbocycles. The lowest BCUT2D eigenvalue weighted by molar-refractivity contribution is -0.0102. The van der Waals surface area contributed by atoms with Crippen molar-refractivity contribution in [3.05, 3.63) is 53.9 Å². The zero-order valence-electron chi connectivity index (χ0n) is 18.8. The summed E-state index contributed by atoms with van der Waals surface area (Å²) in [6, 6.07) is 9.88. The van der Waals surface area contributed by atoms with Crippen molar-refractivity contribution in [1.82, 2.24) is 9.97 Å². The number of esters is 1. The second-order valence-corrected chi connectivity index (χ2v) is 7.99. The van der Waals surface area contributed by atoms with Gasteiger partial charge in [-0.3, -0.25) is 4.79 Å². The first-order valence-corrected chi connectivity index (χ1v) is 10.8. The van der Waals surface area contributed by atoms with Crippen LogP contribution in [0.15, 0.2) is 42.6 Å². The van der Waals surface area contributed by atoms with E-state index in [0.29, 0.717) is 34.7 Å². The number of amides is 1. The van der Waals surface area contributed by atoms with Gasteiger partial charge in [0.25, 0.3) is 5.91 Å². The van der Waals surface area contributed by atoms with Crippen LogP contribution in [-0.4, -0.2) is 55.1 Å². The van der Waals surface area contributed by atoms with E-state index in [4.69, 9.17) is 4.74 Å². The Kier molecular flexibility index (Phi) is 6.58. The van der Waals surface area contributed by atoms with Crippen molar-refractivity contribution >= 4 is 34.3 Å². The van der Waals surface area contributed by atoms with Crippen molar-refractivity contribution in [2.45, 2.75) is 25.2 Å². The summed E-state index contributed by atoms with van der Waals surface area (Å²) in [5, 5.41) is 3.44. The van der Waals surface area contributed by atoms with Crippen molar-refractivity contribution < 1.29 is 27.8 Å². The number of rotatable bonds is 5. The average molecular weight is 470 g/mol. The van der Waals surface area contributed by atoms with E-state index in [9.17, 15) is 18.4 Å². The average Bonchev–Trinajstić information content (AvgIpc) is 3.02. The SMILES string of the molecule is COC(=O)c1cc(NC(=O)c2cc3ccc(OC)cc3nc2N2CCCC(F)(F)CC2)ccn1. The van der Waals surface area contributed by atoms with Crippen LogP contribution in [0, 0.1) is 0 Å². The molecule has 8 nitrogen and oxygen atoms in total. The van der Waals surface area contributed by atoms with Gasteiger partial charge in [-0.2, -0.15) is 0 Å². The lowest BCUT2D eigenvalue weighted by Gasteiger charge is -2.24. The molecule has 3 aromatic rings. The minimum atomic E-state index is -2.75. The Morgan fingerprint density at radius 3 is 2.68 bits per heavy atom. The number of fused-ring (bicyclic) bond motifs is 1. The number of halogens is 2. The number of anilines is 2. The fourth-order valence-corrected chi connectivity index (χ4v) is 3.87. The molecular formula is C24H24F2N4O4. The second kappa shape index (κ2) is 9.58. The van der Waals surface area contributed by atoms with Crippen LogP contribution in [0.3, 0.4) is 0 Å². The number of methoxy groups -OCH3 is 2. The van der Waals surface area contributed by atoms with Gasteiger partial charge in [0.15, 0.2) is 0 Å². The van der Waals surface area contributed by atoms with Crippen LogP contribution in [0.2, 0.25) is 0 Å². The smallest absolute Gasteiger partial charge is 0.356 e. The summed E-state index contributed by atoms with van der Waals surface area (Å²) < 4.78 is 37.9. The number of nitrogens with zero attached hydrogens (tertiary/aromatic N) is 3. The number of pyridine rings is 2. The summed E-state index contributed by atoms with van der Waals surface area (Å²) in [6.07, 6.45) is 1.13. The molecule has 2 aromatic heterocycles. The molecule has 0 spiro atoms. The third-order valence-electron chi connectivity index (χ3n) is 5.68. The minimum Gasteiger partial charge on any atom is -0.497 e. The van der Waals surface area contributed by atoms with E-state index >= 15 is 0 Å². The Bertz CT molecular complexity index is 1230. The molecule has 1 saturated heterocycles. The van der Waals surface area contributed by atoms with Crippen LogP contribution in [0.1, 0.15) is 40.1 Å². The quantitative estimate of drug-likeness (QED) is 0.556. The Morgan fingerprint density at radius 2 is 1.91 bits per heavy atom. The van der Waals surface area contributed by atoms with E-state index in [1.165, 1.54) is 32.5 Å². The summed E-state index contributed by atoms with van der Waals surface area (Å²) in [4.78, 5) is 35.4. The van der Waals surface area contributed by atoms with E-state index < -0.39 is 17.8 Å². The van der Waals surface area contributed by atoms with Gasteiger partial charge >= 0.3 is 5.97 Å². The molecule has 1 aliphatic rings. The molecule has 1 fully saturated rings. The summed E-state index contributed by atoms with van der Waals surface area (Å²) in [5.74, 6) is -2.96. The van der Waals surface area contributed by atoms with E-state index in [0.717, 1.165) is 0 Å². The molecule has 1 amide bonds. The summed E-state index contributed by atoms with van der Waals surface area (Å²) in [6.45, 7) is 0.414. The van der Waals surface area contributed by atoms with Gasteiger partial charge in [0.1, 0.15) is 17.3 Å². The Balaban J connectivity index is 1.73. The molecule has 34 heavy (non-hydrogen) atoms. The summed E-state index contributed by atoms with van der Waals surface area (Å²) >= 11 is 0. The third-order valence-corrected chi connectivity index (χ3v) is 5.68. The number of carbonyl (C=O) groups excluding carboxylic acids is 2. The number of aromatic nitrogens is 2. The van der Waals surface area contributed by atoms with Gasteiger partial charge in [-0.05, 0) is 36.8 Å². The summed E-state index contributed by atoms with van der Waals surface area (Å²) in [7, 11) is 2.78. The highest BCUT2D eigenvalue weighted by Gasteiger charge is 2.33. The van der Waals surface area contributed by atoms with E-state index in [2.05, 4.69) is 20.0 Å². The lowest BCUT2D eigenvalue weighted by atomic mass is 10.1. The van der Waals surface area contributed by atoms with Crippen molar-refractivity contribution in [1.29, 1.82) is 0 Å². The largest absolute Gasteiger partial charge is 0.497 e. The number of benzene rings is 1. The molecule has 0 aliphatic carbocycles. The minimum absolute atomic E-state index is 0.0407. The molecule has 0 atom stereocenters. The number of ether oxygens (including phenoxy) is 2. The zero-order valence-corrected chi connectivity index (χ0v) is 18.8. The first-order chi connectivity index (χ1) is 16.3. The van der Waals surface area contributed by atoms with Gasteiger partial charge in [0, 0.05) is 49.3 Å². The summed E-state index contributed by atoms with van der Waals surface area (Å²) in [5.41, 5.74) is 1.20. The molecule has 178 valence electrons. The first-order valence-electron chi connectivity index (χ1n) is 10.8. The molecule has 1 aliphatic heterocycles. The highest BCUT2D eigenvalue weighted by molar-refractivity contribution is 6.10. The molecule has 0 unspecified atom stereocenters. The molecule has 0 bridgehead atoms. The van der Waals surface area contributed by atoms with E-state index in [1.807, 2.05) is 0 Å². The van der Waals surface area contributed by atoms with Gasteiger partial charge in [-0.1, -0.05) is 0 Å². The standard InChI is InChI=1S/C24H24F2N4O4/c1-33-17-5-4-15-12-18(22(31)28-16-6-9-27-20(13-16)23(32)34-2)21(29-19(15)14-17)30-10-3-7-24(25,26)8-11-30/h4-6,9,12-14H,3,7-8,10-11H2,1-2H3,(H,27,28,31). The van der Waals surface area contributed by atoms with Crippen molar-refractivity contribution in [2.24, 2.45) is 0 Å². The Labute approximate surface area is 194 Å². The monoisotopic (exact) mass is 470 g/mol. The van der Waals surface area contributed by atoms with E-state index in [1.54, 1.807) is 29.2 Å². The van der Waals surface area contributed by atoms with Crippen molar-refractivity contribution in [2.75, 3.05) is 37.5 Å². The van der Waals surface area contributed by atoms with Gasteiger partial charge in [-0.15, -0.1) is 0 Å². The van der Waals surface area contributed by atoms with Crippen molar-refractivity contribution in [3.8, 4) is 5.75 Å². The molecular weight excluding hydrogens is 446 g/mol. The van der Waals surface area contributed by atoms with Gasteiger partial charge in [0.05, 0.1) is 25.3 Å². The molecule has 10 heteroatoms. The van der Waals surface area contributed by atoms with Gasteiger partial charge in [-0.25, -0.2) is 23.5 Å². The van der Waals surface area contributed by atoms with Crippen LogP contribution in [0.4, 0.5) is 20.3 Å². The number of hydrogen-bond acceptors (Lipinski definition) is 7. The highest BCUT2D eigenvalue weighted by atomic mass is 19.3. The molecule has 0 radical (unpaired) electrons. The fraction of sp³-hybridized carbons (Fsp3) is 0.333. The highest BCUT2D eigenvalue weighted by Crippen LogP contribution is 2.32. The number of carbonyl (C=O) groups is 2. The Hall–Kier alpha value is -3.82. The molecule has 3 heterocycles. The van der Waals surface area contributed by atoms with Crippen LogP contribution in [0.5, 0.6) is 5.75 Å². The normalized spacial score (nSPS) is 15.5. The number of hydrogen-bond donors (Lipinski definition) is 1. The molecule has 4 rings (SSSR count). The predicted octanol–water partition coefficient (Wildman–Crippen LogP) is 4.30. The lowest BCUT2D eigenvalue weighted by Crippen LogP contribution is -2.29. The van der Waals surface area contributed by atoms with Gasteiger partial charge < -0.3 is 19.7 Å². The number of alkyl halides is 2. The maximum absolute atomic E-state index is 14.0. The maximum Gasteiger partial charge on any atom is 0.356 e. The van der Waals surface area contributed by atoms with Crippen molar-refractivity contribution in [3.63, 3.8) is 0 Å². The molecule has 0 saturated carbocycles. The van der Waals surface area contributed by atoms with Crippen LogP contribution in [-0.2, 0) is 4.74 Å².